The van der Waals surface area contributed by atoms with Gasteiger partial charge in [-0.3, -0.25) is 0 Å². The molecule has 0 saturated heterocycles. The van der Waals surface area contributed by atoms with Gasteiger partial charge in [-0.25, -0.2) is 4.98 Å². The van der Waals surface area contributed by atoms with Crippen LogP contribution in [0.2, 0.25) is 0 Å². The predicted octanol–water partition coefficient (Wildman–Crippen LogP) is 3.98. The van der Waals surface area contributed by atoms with Crippen molar-refractivity contribution in [3.05, 3.63) is 48.0 Å². The molecule has 1 N–H and O–H groups in total. The number of alkyl halides is 1. The van der Waals surface area contributed by atoms with Gasteiger partial charge in [-0.15, -0.1) is 11.6 Å². The highest BCUT2D eigenvalue weighted by Crippen LogP contribution is 2.25. The van der Waals surface area contributed by atoms with E-state index in [4.69, 9.17) is 16.3 Å². The zero-order valence-electron chi connectivity index (χ0n) is 10.5. The second-order valence-corrected chi connectivity index (χ2v) is 4.53. The van der Waals surface area contributed by atoms with Crippen molar-refractivity contribution in [3.63, 3.8) is 0 Å². The lowest BCUT2D eigenvalue weighted by atomic mass is 10.2. The molecule has 0 aliphatic rings. The summed E-state index contributed by atoms with van der Waals surface area (Å²) in [6.07, 6.45) is 0. The summed E-state index contributed by atoms with van der Waals surface area (Å²) in [5.41, 5.74) is 4.00. The molecule has 0 fully saturated rings. The summed E-state index contributed by atoms with van der Waals surface area (Å²) in [6, 6.07) is 13.8. The number of ether oxygens (including phenoxy) is 1. The molecule has 0 amide bonds. The minimum Gasteiger partial charge on any atom is -0.497 e. The van der Waals surface area contributed by atoms with Crippen molar-refractivity contribution in [2.75, 3.05) is 7.11 Å². The van der Waals surface area contributed by atoms with Crippen LogP contribution in [0.3, 0.4) is 0 Å². The van der Waals surface area contributed by atoms with Crippen LogP contribution in [0.5, 0.6) is 5.75 Å². The summed E-state index contributed by atoms with van der Waals surface area (Å²) in [5, 5.41) is 0. The van der Waals surface area contributed by atoms with Crippen molar-refractivity contribution in [1.82, 2.24) is 9.97 Å². The van der Waals surface area contributed by atoms with Crippen LogP contribution in [0.15, 0.2) is 42.5 Å². The number of imidazole rings is 1. The number of hydrogen-bond donors (Lipinski definition) is 1. The fraction of sp³-hybridized carbons (Fsp3) is 0.133. The van der Waals surface area contributed by atoms with Crippen LogP contribution in [0.4, 0.5) is 0 Å². The maximum absolute atomic E-state index is 5.93. The first-order valence-corrected chi connectivity index (χ1v) is 6.53. The molecule has 0 radical (unpaired) electrons. The highest BCUT2D eigenvalue weighted by molar-refractivity contribution is 6.17. The second kappa shape index (κ2) is 4.94. The topological polar surface area (TPSA) is 37.9 Å². The number of aromatic amines is 1. The average molecular weight is 273 g/mol. The molecule has 3 nitrogen and oxygen atoms in total. The molecule has 4 heteroatoms. The van der Waals surface area contributed by atoms with Crippen molar-refractivity contribution >= 4 is 22.6 Å². The van der Waals surface area contributed by atoms with Gasteiger partial charge < -0.3 is 9.72 Å². The van der Waals surface area contributed by atoms with Crippen LogP contribution in [-0.2, 0) is 5.88 Å². The molecule has 0 aliphatic carbocycles. The summed E-state index contributed by atoms with van der Waals surface area (Å²) in [7, 11) is 1.66. The molecule has 0 aliphatic heterocycles. The van der Waals surface area contributed by atoms with Crippen LogP contribution < -0.4 is 4.74 Å². The number of fused-ring (bicyclic) bond motifs is 1. The van der Waals surface area contributed by atoms with Gasteiger partial charge in [0.1, 0.15) is 11.6 Å². The van der Waals surface area contributed by atoms with E-state index in [2.05, 4.69) is 9.97 Å². The summed E-state index contributed by atoms with van der Waals surface area (Å²) in [5.74, 6) is 2.14. The number of benzene rings is 2. The van der Waals surface area contributed by atoms with Gasteiger partial charge in [0.15, 0.2) is 0 Å². The van der Waals surface area contributed by atoms with Crippen molar-refractivity contribution in [3.8, 4) is 17.1 Å². The third kappa shape index (κ3) is 2.17. The van der Waals surface area contributed by atoms with Crippen molar-refractivity contribution in [1.29, 1.82) is 0 Å². The second-order valence-electron chi connectivity index (χ2n) is 4.26. The maximum Gasteiger partial charge on any atom is 0.138 e. The van der Waals surface area contributed by atoms with E-state index in [1.54, 1.807) is 7.11 Å². The Morgan fingerprint density at radius 1 is 1.16 bits per heavy atom. The number of halogens is 1. The fourth-order valence-corrected chi connectivity index (χ4v) is 2.30. The lowest BCUT2D eigenvalue weighted by Gasteiger charge is -2.00. The number of methoxy groups -OCH3 is 1. The van der Waals surface area contributed by atoms with E-state index < -0.39 is 0 Å². The molecule has 1 heterocycles. The summed E-state index contributed by atoms with van der Waals surface area (Å²) < 4.78 is 5.15. The molecular weight excluding hydrogens is 260 g/mol. The van der Waals surface area contributed by atoms with E-state index in [0.29, 0.717) is 5.88 Å². The van der Waals surface area contributed by atoms with Crippen LogP contribution in [0.25, 0.3) is 22.4 Å². The Labute approximate surface area is 116 Å². The number of H-pyrrole nitrogens is 1. The predicted molar refractivity (Wildman–Crippen MR) is 77.6 cm³/mol. The number of aromatic nitrogens is 2. The van der Waals surface area contributed by atoms with E-state index in [0.717, 1.165) is 33.7 Å². The zero-order chi connectivity index (χ0) is 13.2. The Bertz CT molecular complexity index is 704. The largest absolute Gasteiger partial charge is 0.497 e. The maximum atomic E-state index is 5.93. The Kier molecular flexibility index (Phi) is 3.13. The lowest BCUT2D eigenvalue weighted by molar-refractivity contribution is 0.415. The van der Waals surface area contributed by atoms with Crippen molar-refractivity contribution in [2.45, 2.75) is 5.88 Å². The normalized spacial score (nSPS) is 10.8. The van der Waals surface area contributed by atoms with E-state index in [-0.39, 0.29) is 0 Å². The molecule has 1 aromatic heterocycles. The van der Waals surface area contributed by atoms with Gasteiger partial charge in [-0.2, -0.15) is 0 Å². The number of para-hydroxylation sites is 1. The Balaban J connectivity index is 2.09. The van der Waals surface area contributed by atoms with Gasteiger partial charge in [-0.1, -0.05) is 12.1 Å². The van der Waals surface area contributed by atoms with Crippen LogP contribution in [0.1, 0.15) is 5.56 Å². The smallest absolute Gasteiger partial charge is 0.138 e. The minimum atomic E-state index is 0.463. The first-order chi connectivity index (χ1) is 9.31. The minimum absolute atomic E-state index is 0.463. The monoisotopic (exact) mass is 272 g/mol. The number of rotatable bonds is 3. The summed E-state index contributed by atoms with van der Waals surface area (Å²) in [6.45, 7) is 0. The Morgan fingerprint density at radius 2 is 1.95 bits per heavy atom. The molecule has 96 valence electrons. The Morgan fingerprint density at radius 3 is 2.63 bits per heavy atom. The molecule has 19 heavy (non-hydrogen) atoms. The number of nitrogens with one attached hydrogen (secondary N) is 1. The van der Waals surface area contributed by atoms with Gasteiger partial charge in [0.05, 0.1) is 18.1 Å². The highest BCUT2D eigenvalue weighted by atomic mass is 35.5. The molecule has 0 saturated carbocycles. The molecule has 0 atom stereocenters. The SMILES string of the molecule is COc1ccc(-c2nc3c(CCl)cccc3[nH]2)cc1. The lowest BCUT2D eigenvalue weighted by Crippen LogP contribution is -1.84. The third-order valence-corrected chi connectivity index (χ3v) is 3.39. The summed E-state index contributed by atoms with van der Waals surface area (Å²) >= 11 is 5.93. The van der Waals surface area contributed by atoms with Gasteiger partial charge in [-0.05, 0) is 35.9 Å². The first kappa shape index (κ1) is 12.1. The first-order valence-electron chi connectivity index (χ1n) is 6.00. The van der Waals surface area contributed by atoms with Crippen LogP contribution in [0, 0.1) is 0 Å². The van der Waals surface area contributed by atoms with Crippen molar-refractivity contribution < 1.29 is 4.74 Å². The molecular formula is C15H13ClN2O. The average Bonchev–Trinajstić information content (AvgIpc) is 2.91. The molecule has 0 bridgehead atoms. The molecule has 3 rings (SSSR count). The quantitative estimate of drug-likeness (QED) is 0.733. The third-order valence-electron chi connectivity index (χ3n) is 3.10. The van der Waals surface area contributed by atoms with E-state index in [1.807, 2.05) is 42.5 Å². The molecule has 0 unspecified atom stereocenters. The Hall–Kier alpha value is -2.00. The fourth-order valence-electron chi connectivity index (χ4n) is 2.08. The number of nitrogens with zero attached hydrogens (tertiary/aromatic N) is 1. The molecule has 3 aromatic rings. The highest BCUT2D eigenvalue weighted by Gasteiger charge is 2.08. The zero-order valence-corrected chi connectivity index (χ0v) is 11.2. The van der Waals surface area contributed by atoms with Gasteiger partial charge in [0, 0.05) is 11.4 Å². The van der Waals surface area contributed by atoms with E-state index in [1.165, 1.54) is 0 Å². The van der Waals surface area contributed by atoms with E-state index in [9.17, 15) is 0 Å². The van der Waals surface area contributed by atoms with Gasteiger partial charge >= 0.3 is 0 Å². The van der Waals surface area contributed by atoms with Gasteiger partial charge in [0.2, 0.25) is 0 Å². The number of hydrogen-bond acceptors (Lipinski definition) is 2. The van der Waals surface area contributed by atoms with Crippen molar-refractivity contribution in [2.24, 2.45) is 0 Å². The molecule has 0 spiro atoms. The van der Waals surface area contributed by atoms with Crippen LogP contribution in [-0.4, -0.2) is 17.1 Å². The summed E-state index contributed by atoms with van der Waals surface area (Å²) in [4.78, 5) is 7.94. The van der Waals surface area contributed by atoms with Gasteiger partial charge in [0.25, 0.3) is 0 Å². The van der Waals surface area contributed by atoms with Crippen LogP contribution >= 0.6 is 11.6 Å². The standard InChI is InChI=1S/C15H13ClN2O/c1-19-12-7-5-10(6-8-12)15-17-13-4-2-3-11(9-16)14(13)18-15/h2-8H,9H2,1H3,(H,17,18). The van der Waals surface area contributed by atoms with E-state index >= 15 is 0 Å². The molecule has 2 aromatic carbocycles.